The molecule has 1 saturated heterocycles. The van der Waals surface area contributed by atoms with E-state index in [1.807, 2.05) is 9.58 Å². The summed E-state index contributed by atoms with van der Waals surface area (Å²) < 4.78 is 7.24. The van der Waals surface area contributed by atoms with E-state index >= 15 is 0 Å². The zero-order valence-corrected chi connectivity index (χ0v) is 16.6. The highest BCUT2D eigenvalue weighted by Crippen LogP contribution is 2.25. The number of aryl methyl sites for hydroxylation is 1. The molecule has 0 aliphatic carbocycles. The second-order valence-electron chi connectivity index (χ2n) is 7.11. The molecule has 2 amide bonds. The fourth-order valence-corrected chi connectivity index (χ4v) is 4.07. The number of nitrogens with zero attached hydrogens (tertiary/aromatic N) is 4. The smallest absolute Gasteiger partial charge is 0.257 e. The van der Waals surface area contributed by atoms with Crippen molar-refractivity contribution in [3.05, 3.63) is 46.2 Å². The van der Waals surface area contributed by atoms with Gasteiger partial charge in [0.2, 0.25) is 0 Å². The third-order valence-electron chi connectivity index (χ3n) is 5.46. The molecule has 2 aromatic rings. The first kappa shape index (κ1) is 18.8. The van der Waals surface area contributed by atoms with E-state index in [-0.39, 0.29) is 11.8 Å². The molecule has 2 aliphatic rings. The van der Waals surface area contributed by atoms with Crippen molar-refractivity contribution in [2.45, 2.75) is 25.8 Å². The molecule has 1 aromatic heterocycles. The SMILES string of the molecule is COc1ccc(Cl)cc1C(=O)N1CCN(C(=O)c2cnn3c2CCCC3)CC1. The highest BCUT2D eigenvalue weighted by atomic mass is 35.5. The van der Waals surface area contributed by atoms with Crippen LogP contribution in [0.2, 0.25) is 5.02 Å². The van der Waals surface area contributed by atoms with Gasteiger partial charge in [-0.1, -0.05) is 11.6 Å². The number of fused-ring (bicyclic) bond motifs is 1. The lowest BCUT2D eigenvalue weighted by Crippen LogP contribution is -2.50. The first-order valence-corrected chi connectivity index (χ1v) is 9.93. The Morgan fingerprint density at radius 3 is 2.36 bits per heavy atom. The summed E-state index contributed by atoms with van der Waals surface area (Å²) in [6.07, 6.45) is 4.79. The fourth-order valence-electron chi connectivity index (χ4n) is 3.90. The normalized spacial score (nSPS) is 16.6. The van der Waals surface area contributed by atoms with E-state index in [0.29, 0.717) is 48.1 Å². The summed E-state index contributed by atoms with van der Waals surface area (Å²) in [4.78, 5) is 29.4. The minimum absolute atomic E-state index is 0.00980. The maximum absolute atomic E-state index is 13.0. The highest BCUT2D eigenvalue weighted by molar-refractivity contribution is 6.31. The van der Waals surface area contributed by atoms with Gasteiger partial charge in [0.25, 0.3) is 11.8 Å². The van der Waals surface area contributed by atoms with Gasteiger partial charge in [0.05, 0.1) is 30.1 Å². The predicted octanol–water partition coefficient (Wildman–Crippen LogP) is 2.48. The van der Waals surface area contributed by atoms with Crippen molar-refractivity contribution < 1.29 is 14.3 Å². The van der Waals surface area contributed by atoms with Crippen molar-refractivity contribution in [2.75, 3.05) is 33.3 Å². The summed E-state index contributed by atoms with van der Waals surface area (Å²) in [6.45, 7) is 2.83. The Balaban J connectivity index is 1.43. The number of carbonyl (C=O) groups excluding carboxylic acids is 2. The van der Waals surface area contributed by atoms with Crippen LogP contribution >= 0.6 is 11.6 Å². The van der Waals surface area contributed by atoms with E-state index in [0.717, 1.165) is 31.5 Å². The number of benzene rings is 1. The summed E-state index contributed by atoms with van der Waals surface area (Å²) in [5.74, 6) is 0.379. The van der Waals surface area contributed by atoms with Gasteiger partial charge in [-0.25, -0.2) is 0 Å². The van der Waals surface area contributed by atoms with Crippen LogP contribution < -0.4 is 4.74 Å². The molecule has 3 heterocycles. The van der Waals surface area contributed by atoms with Crippen LogP contribution in [0, 0.1) is 0 Å². The van der Waals surface area contributed by atoms with Gasteiger partial charge in [-0.3, -0.25) is 14.3 Å². The van der Waals surface area contributed by atoms with E-state index in [4.69, 9.17) is 16.3 Å². The van der Waals surface area contributed by atoms with Crippen LogP contribution in [-0.2, 0) is 13.0 Å². The predicted molar refractivity (Wildman–Crippen MR) is 105 cm³/mol. The number of piperazine rings is 1. The Morgan fingerprint density at radius 1 is 1.00 bits per heavy atom. The topological polar surface area (TPSA) is 67.7 Å². The van der Waals surface area contributed by atoms with Crippen LogP contribution in [-0.4, -0.2) is 64.7 Å². The summed E-state index contributed by atoms with van der Waals surface area (Å²) in [7, 11) is 1.53. The molecule has 0 spiro atoms. The molecule has 0 atom stereocenters. The molecule has 148 valence electrons. The van der Waals surface area contributed by atoms with Gasteiger partial charge in [-0.2, -0.15) is 5.10 Å². The number of halogens is 1. The summed E-state index contributed by atoms with van der Waals surface area (Å²) in [6, 6.07) is 5.01. The standard InChI is InChI=1S/C20H23ClN4O3/c1-28-18-6-5-14(21)12-15(18)19(26)23-8-10-24(11-9-23)20(27)16-13-22-25-7-3-2-4-17(16)25/h5-6,12-13H,2-4,7-11H2,1H3. The van der Waals surface area contributed by atoms with E-state index < -0.39 is 0 Å². The van der Waals surface area contributed by atoms with Gasteiger partial charge in [-0.05, 0) is 37.5 Å². The Kier molecular flexibility index (Phi) is 5.26. The van der Waals surface area contributed by atoms with Gasteiger partial charge in [0.15, 0.2) is 0 Å². The first-order chi connectivity index (χ1) is 13.6. The molecule has 2 aliphatic heterocycles. The van der Waals surface area contributed by atoms with Gasteiger partial charge >= 0.3 is 0 Å². The van der Waals surface area contributed by atoms with Crippen LogP contribution in [0.4, 0.5) is 0 Å². The molecule has 0 radical (unpaired) electrons. The van der Waals surface area contributed by atoms with Gasteiger partial charge in [0.1, 0.15) is 5.75 Å². The number of hydrogen-bond donors (Lipinski definition) is 0. The lowest BCUT2D eigenvalue weighted by Gasteiger charge is -2.35. The monoisotopic (exact) mass is 402 g/mol. The van der Waals surface area contributed by atoms with Crippen molar-refractivity contribution in [3.8, 4) is 5.75 Å². The van der Waals surface area contributed by atoms with Crippen molar-refractivity contribution in [1.29, 1.82) is 0 Å². The second kappa shape index (κ2) is 7.83. The van der Waals surface area contributed by atoms with Crippen molar-refractivity contribution in [2.24, 2.45) is 0 Å². The molecule has 0 saturated carbocycles. The molecule has 7 nitrogen and oxygen atoms in total. The summed E-state index contributed by atoms with van der Waals surface area (Å²) in [5, 5.41) is 4.85. The minimum Gasteiger partial charge on any atom is -0.496 e. The third-order valence-corrected chi connectivity index (χ3v) is 5.69. The van der Waals surface area contributed by atoms with E-state index in [1.165, 1.54) is 7.11 Å². The number of carbonyl (C=O) groups is 2. The van der Waals surface area contributed by atoms with Crippen LogP contribution in [0.5, 0.6) is 5.75 Å². The van der Waals surface area contributed by atoms with Gasteiger partial charge < -0.3 is 14.5 Å². The maximum atomic E-state index is 13.0. The third kappa shape index (κ3) is 3.46. The number of rotatable bonds is 3. The number of hydrogen-bond acceptors (Lipinski definition) is 4. The van der Waals surface area contributed by atoms with E-state index in [1.54, 1.807) is 29.3 Å². The zero-order valence-electron chi connectivity index (χ0n) is 15.9. The molecule has 0 unspecified atom stereocenters. The van der Waals surface area contributed by atoms with Crippen molar-refractivity contribution in [3.63, 3.8) is 0 Å². The summed E-state index contributed by atoms with van der Waals surface area (Å²) >= 11 is 6.05. The molecular formula is C20H23ClN4O3. The lowest BCUT2D eigenvalue weighted by atomic mass is 10.1. The molecule has 8 heteroatoms. The summed E-state index contributed by atoms with van der Waals surface area (Å²) in [5.41, 5.74) is 2.19. The van der Waals surface area contributed by atoms with E-state index in [9.17, 15) is 9.59 Å². The van der Waals surface area contributed by atoms with Crippen LogP contribution in [0.3, 0.4) is 0 Å². The molecule has 0 N–H and O–H groups in total. The number of aromatic nitrogens is 2. The molecule has 0 bridgehead atoms. The Labute approximate surface area is 168 Å². The molecule has 1 fully saturated rings. The lowest BCUT2D eigenvalue weighted by molar-refractivity contribution is 0.0532. The molecular weight excluding hydrogens is 380 g/mol. The van der Waals surface area contributed by atoms with Gasteiger partial charge in [0, 0.05) is 37.7 Å². The molecule has 1 aromatic carbocycles. The number of ether oxygens (including phenoxy) is 1. The van der Waals surface area contributed by atoms with Crippen LogP contribution in [0.1, 0.15) is 39.3 Å². The van der Waals surface area contributed by atoms with Crippen LogP contribution in [0.25, 0.3) is 0 Å². The maximum Gasteiger partial charge on any atom is 0.257 e. The zero-order chi connectivity index (χ0) is 19.7. The second-order valence-corrected chi connectivity index (χ2v) is 7.55. The fraction of sp³-hybridized carbons (Fsp3) is 0.450. The minimum atomic E-state index is -0.130. The Morgan fingerprint density at radius 2 is 1.68 bits per heavy atom. The highest BCUT2D eigenvalue weighted by Gasteiger charge is 2.29. The Bertz CT molecular complexity index is 903. The van der Waals surface area contributed by atoms with Crippen LogP contribution in [0.15, 0.2) is 24.4 Å². The largest absolute Gasteiger partial charge is 0.496 e. The average Bonchev–Trinajstić information content (AvgIpc) is 3.17. The number of methoxy groups -OCH3 is 1. The average molecular weight is 403 g/mol. The van der Waals surface area contributed by atoms with Gasteiger partial charge in [-0.15, -0.1) is 0 Å². The Hall–Kier alpha value is -2.54. The van der Waals surface area contributed by atoms with Crippen molar-refractivity contribution in [1.82, 2.24) is 19.6 Å². The quantitative estimate of drug-likeness (QED) is 0.791. The molecule has 28 heavy (non-hydrogen) atoms. The molecule has 4 rings (SSSR count). The number of amides is 2. The van der Waals surface area contributed by atoms with E-state index in [2.05, 4.69) is 5.10 Å². The van der Waals surface area contributed by atoms with Crippen molar-refractivity contribution >= 4 is 23.4 Å². The first-order valence-electron chi connectivity index (χ1n) is 9.55.